The van der Waals surface area contributed by atoms with Crippen molar-refractivity contribution in [3.8, 4) is 17.2 Å². The zero-order valence-corrected chi connectivity index (χ0v) is 12.7. The lowest BCUT2D eigenvalue weighted by atomic mass is 10.2. The SMILES string of the molecule is O=C(/C=C/c1ccc(Cl)cc1Cl)Oc1ccc2c(c1)OCO2. The highest BCUT2D eigenvalue weighted by molar-refractivity contribution is 6.35. The van der Waals surface area contributed by atoms with Gasteiger partial charge < -0.3 is 14.2 Å². The number of benzene rings is 2. The van der Waals surface area contributed by atoms with Crippen molar-refractivity contribution in [2.24, 2.45) is 0 Å². The van der Waals surface area contributed by atoms with Gasteiger partial charge in [0.05, 0.1) is 0 Å². The van der Waals surface area contributed by atoms with E-state index in [0.29, 0.717) is 32.9 Å². The molecule has 22 heavy (non-hydrogen) atoms. The molecule has 0 aliphatic carbocycles. The van der Waals surface area contributed by atoms with Gasteiger partial charge in [0, 0.05) is 22.2 Å². The van der Waals surface area contributed by atoms with E-state index in [4.69, 9.17) is 37.4 Å². The van der Waals surface area contributed by atoms with Gasteiger partial charge in [-0.15, -0.1) is 0 Å². The molecule has 0 saturated heterocycles. The summed E-state index contributed by atoms with van der Waals surface area (Å²) in [7, 11) is 0. The fourth-order valence-corrected chi connectivity index (χ4v) is 2.36. The molecule has 0 fully saturated rings. The van der Waals surface area contributed by atoms with Crippen molar-refractivity contribution in [1.82, 2.24) is 0 Å². The lowest BCUT2D eigenvalue weighted by Crippen LogP contribution is -2.03. The summed E-state index contributed by atoms with van der Waals surface area (Å²) < 4.78 is 15.6. The summed E-state index contributed by atoms with van der Waals surface area (Å²) in [5, 5.41) is 0.990. The number of esters is 1. The highest BCUT2D eigenvalue weighted by atomic mass is 35.5. The first kappa shape index (κ1) is 14.8. The highest BCUT2D eigenvalue weighted by Gasteiger charge is 2.14. The second-order valence-electron chi connectivity index (χ2n) is 4.44. The van der Waals surface area contributed by atoms with Gasteiger partial charge >= 0.3 is 5.97 Å². The Hall–Kier alpha value is -2.17. The van der Waals surface area contributed by atoms with Crippen LogP contribution in [0.25, 0.3) is 6.08 Å². The average molecular weight is 337 g/mol. The summed E-state index contributed by atoms with van der Waals surface area (Å²) in [5.41, 5.74) is 0.675. The third-order valence-corrected chi connectivity index (χ3v) is 3.49. The van der Waals surface area contributed by atoms with Crippen LogP contribution >= 0.6 is 23.2 Å². The van der Waals surface area contributed by atoms with Crippen LogP contribution in [-0.4, -0.2) is 12.8 Å². The van der Waals surface area contributed by atoms with E-state index in [9.17, 15) is 4.79 Å². The predicted molar refractivity (Wildman–Crippen MR) is 83.7 cm³/mol. The van der Waals surface area contributed by atoms with Gasteiger partial charge in [0.25, 0.3) is 0 Å². The van der Waals surface area contributed by atoms with Crippen LogP contribution in [0.3, 0.4) is 0 Å². The quantitative estimate of drug-likeness (QED) is 0.475. The lowest BCUT2D eigenvalue weighted by Gasteiger charge is -2.03. The van der Waals surface area contributed by atoms with Gasteiger partial charge in [-0.1, -0.05) is 29.3 Å². The van der Waals surface area contributed by atoms with E-state index in [1.807, 2.05) is 0 Å². The Kier molecular flexibility index (Phi) is 4.22. The largest absolute Gasteiger partial charge is 0.454 e. The molecule has 0 radical (unpaired) electrons. The smallest absolute Gasteiger partial charge is 0.336 e. The number of hydrogen-bond acceptors (Lipinski definition) is 4. The van der Waals surface area contributed by atoms with Crippen LogP contribution < -0.4 is 14.2 Å². The Morgan fingerprint density at radius 1 is 1.09 bits per heavy atom. The van der Waals surface area contributed by atoms with Crippen LogP contribution in [-0.2, 0) is 4.79 Å². The van der Waals surface area contributed by atoms with Crippen LogP contribution in [0.5, 0.6) is 17.2 Å². The molecule has 1 heterocycles. The maximum Gasteiger partial charge on any atom is 0.336 e. The van der Waals surface area contributed by atoms with Gasteiger partial charge in [0.15, 0.2) is 11.5 Å². The first-order valence-electron chi connectivity index (χ1n) is 6.36. The number of fused-ring (bicyclic) bond motifs is 1. The molecule has 0 spiro atoms. The molecule has 0 unspecified atom stereocenters. The average Bonchev–Trinajstić information content (AvgIpc) is 2.94. The van der Waals surface area contributed by atoms with Crippen LogP contribution in [0.1, 0.15) is 5.56 Å². The molecular formula is C16H10Cl2O4. The van der Waals surface area contributed by atoms with Gasteiger partial charge in [-0.3, -0.25) is 0 Å². The van der Waals surface area contributed by atoms with Crippen molar-refractivity contribution in [1.29, 1.82) is 0 Å². The highest BCUT2D eigenvalue weighted by Crippen LogP contribution is 2.35. The number of hydrogen-bond donors (Lipinski definition) is 0. The van der Waals surface area contributed by atoms with Crippen LogP contribution in [0, 0.1) is 0 Å². The van der Waals surface area contributed by atoms with Crippen LogP contribution in [0.2, 0.25) is 10.0 Å². The van der Waals surface area contributed by atoms with E-state index in [0.717, 1.165) is 0 Å². The van der Waals surface area contributed by atoms with E-state index in [2.05, 4.69) is 0 Å². The van der Waals surface area contributed by atoms with Crippen molar-refractivity contribution in [2.45, 2.75) is 0 Å². The first-order valence-corrected chi connectivity index (χ1v) is 7.12. The van der Waals surface area contributed by atoms with Gasteiger partial charge in [-0.05, 0) is 35.9 Å². The van der Waals surface area contributed by atoms with Crippen molar-refractivity contribution < 1.29 is 19.0 Å². The molecule has 2 aromatic carbocycles. The molecule has 0 aromatic heterocycles. The Morgan fingerprint density at radius 3 is 2.73 bits per heavy atom. The minimum absolute atomic E-state index is 0.168. The molecule has 3 rings (SSSR count). The second kappa shape index (κ2) is 6.30. The third-order valence-electron chi connectivity index (χ3n) is 2.92. The van der Waals surface area contributed by atoms with E-state index in [1.54, 1.807) is 42.5 Å². The molecule has 0 amide bonds. The zero-order chi connectivity index (χ0) is 15.5. The number of carbonyl (C=O) groups is 1. The summed E-state index contributed by atoms with van der Waals surface area (Å²) in [6.45, 7) is 0.168. The topological polar surface area (TPSA) is 44.8 Å². The van der Waals surface area contributed by atoms with E-state index < -0.39 is 5.97 Å². The molecule has 0 N–H and O–H groups in total. The number of ether oxygens (including phenoxy) is 3. The minimum Gasteiger partial charge on any atom is -0.454 e. The Labute approximate surface area is 136 Å². The molecule has 1 aliphatic heterocycles. The third kappa shape index (κ3) is 3.35. The predicted octanol–water partition coefficient (Wildman–Crippen LogP) is 4.34. The molecule has 0 saturated carbocycles. The molecule has 2 aromatic rings. The maximum atomic E-state index is 11.8. The molecule has 1 aliphatic rings. The summed E-state index contributed by atoms with van der Waals surface area (Å²) in [5.74, 6) is 1.03. The van der Waals surface area contributed by atoms with E-state index in [1.165, 1.54) is 6.08 Å². The normalized spacial score (nSPS) is 12.6. The van der Waals surface area contributed by atoms with Gasteiger partial charge in [-0.25, -0.2) is 4.79 Å². The van der Waals surface area contributed by atoms with Crippen LogP contribution in [0.15, 0.2) is 42.5 Å². The van der Waals surface area contributed by atoms with Crippen molar-refractivity contribution in [2.75, 3.05) is 6.79 Å². The summed E-state index contributed by atoms with van der Waals surface area (Å²) in [4.78, 5) is 11.8. The van der Waals surface area contributed by atoms with Crippen molar-refractivity contribution >= 4 is 35.2 Å². The number of carbonyl (C=O) groups excluding carboxylic acids is 1. The zero-order valence-electron chi connectivity index (χ0n) is 11.2. The standard InChI is InChI=1S/C16H10Cl2O4/c17-11-3-1-10(13(18)7-11)2-6-16(19)22-12-4-5-14-15(8-12)21-9-20-14/h1-8H,9H2/b6-2+. The number of halogens is 2. The molecular weight excluding hydrogens is 327 g/mol. The van der Waals surface area contributed by atoms with E-state index >= 15 is 0 Å². The molecule has 0 bridgehead atoms. The van der Waals surface area contributed by atoms with Crippen molar-refractivity contribution in [3.63, 3.8) is 0 Å². The molecule has 0 atom stereocenters. The maximum absolute atomic E-state index is 11.8. The second-order valence-corrected chi connectivity index (χ2v) is 5.28. The van der Waals surface area contributed by atoms with Gasteiger partial charge in [0.2, 0.25) is 6.79 Å². The van der Waals surface area contributed by atoms with Gasteiger partial charge in [-0.2, -0.15) is 0 Å². The van der Waals surface area contributed by atoms with Crippen molar-refractivity contribution in [3.05, 3.63) is 58.1 Å². The Bertz CT molecular complexity index is 756. The summed E-state index contributed by atoms with van der Waals surface area (Å²) in [6, 6.07) is 9.93. The number of rotatable bonds is 3. The van der Waals surface area contributed by atoms with Gasteiger partial charge in [0.1, 0.15) is 5.75 Å². The fourth-order valence-electron chi connectivity index (χ4n) is 1.89. The first-order chi connectivity index (χ1) is 10.6. The Balaban J connectivity index is 1.68. The molecule has 4 nitrogen and oxygen atoms in total. The summed E-state index contributed by atoms with van der Waals surface area (Å²) in [6.07, 6.45) is 2.85. The van der Waals surface area contributed by atoms with E-state index in [-0.39, 0.29) is 6.79 Å². The summed E-state index contributed by atoms with van der Waals surface area (Å²) >= 11 is 11.8. The van der Waals surface area contributed by atoms with Crippen LogP contribution in [0.4, 0.5) is 0 Å². The lowest BCUT2D eigenvalue weighted by molar-refractivity contribution is -0.128. The molecule has 112 valence electrons. The Morgan fingerprint density at radius 2 is 1.91 bits per heavy atom. The monoisotopic (exact) mass is 336 g/mol. The minimum atomic E-state index is -0.523. The molecule has 6 heteroatoms. The fraction of sp³-hybridized carbons (Fsp3) is 0.0625.